The zero-order chi connectivity index (χ0) is 18.3. The van der Waals surface area contributed by atoms with Gasteiger partial charge in [0, 0.05) is 25.3 Å². The molecule has 1 saturated heterocycles. The van der Waals surface area contributed by atoms with Crippen molar-refractivity contribution in [2.45, 2.75) is 56.8 Å². The van der Waals surface area contributed by atoms with E-state index in [-0.39, 0.29) is 4.90 Å². The number of nitrogens with zero attached hydrogens (tertiary/aromatic N) is 2. The third-order valence-corrected chi connectivity index (χ3v) is 6.47. The zero-order valence-electron chi connectivity index (χ0n) is 14.8. The van der Waals surface area contributed by atoms with Gasteiger partial charge in [-0.2, -0.15) is 4.31 Å². The molecule has 1 aromatic rings. The summed E-state index contributed by atoms with van der Waals surface area (Å²) in [4.78, 5) is 12.8. The molecule has 25 heavy (non-hydrogen) atoms. The fraction of sp³-hybridized carbons (Fsp3) is 0.611. The van der Waals surface area contributed by atoms with Crippen molar-refractivity contribution in [3.63, 3.8) is 0 Å². The molecule has 0 spiro atoms. The number of carbonyl (C=O) groups is 1. The minimum Gasteiger partial charge on any atom is -0.530 e. The number of sulfonamides is 1. The van der Waals surface area contributed by atoms with Crippen LogP contribution in [0.3, 0.4) is 0 Å². The summed E-state index contributed by atoms with van der Waals surface area (Å²) in [5.41, 5.74) is 0.453. The molecule has 7 heteroatoms. The van der Waals surface area contributed by atoms with E-state index < -0.39 is 16.1 Å². The van der Waals surface area contributed by atoms with Crippen LogP contribution < -0.4 is 10.0 Å². The van der Waals surface area contributed by atoms with Gasteiger partial charge in [0.15, 0.2) is 0 Å². The summed E-state index contributed by atoms with van der Waals surface area (Å²) in [6, 6.07) is 6.07. The summed E-state index contributed by atoms with van der Waals surface area (Å²) in [7, 11) is -3.50. The van der Waals surface area contributed by atoms with Crippen molar-refractivity contribution in [1.82, 2.24) is 4.31 Å². The molecule has 1 aliphatic rings. The molecule has 0 unspecified atom stereocenters. The van der Waals surface area contributed by atoms with Gasteiger partial charge < -0.3 is 14.8 Å². The van der Waals surface area contributed by atoms with E-state index in [4.69, 9.17) is 0 Å². The Labute approximate surface area is 150 Å². The first-order chi connectivity index (χ1) is 12.0. The number of rotatable bonds is 8. The summed E-state index contributed by atoms with van der Waals surface area (Å²) in [5, 5.41) is 11.4. The van der Waals surface area contributed by atoms with Crippen molar-refractivity contribution in [3.05, 3.63) is 24.3 Å². The highest BCUT2D eigenvalue weighted by Gasteiger charge is 2.25. The van der Waals surface area contributed by atoms with E-state index in [0.29, 0.717) is 25.3 Å². The largest absolute Gasteiger partial charge is 0.530 e. The van der Waals surface area contributed by atoms with E-state index in [2.05, 4.69) is 6.92 Å². The van der Waals surface area contributed by atoms with Gasteiger partial charge in [0.05, 0.1) is 4.90 Å². The molecule has 1 aliphatic heterocycles. The van der Waals surface area contributed by atoms with Gasteiger partial charge in [-0.15, -0.1) is 0 Å². The first kappa shape index (κ1) is 19.7. The van der Waals surface area contributed by atoms with Crippen LogP contribution >= 0.6 is 0 Å². The van der Waals surface area contributed by atoms with Crippen molar-refractivity contribution >= 4 is 21.8 Å². The van der Waals surface area contributed by atoms with Gasteiger partial charge in [0.1, 0.15) is 6.09 Å². The monoisotopic (exact) mass is 367 g/mol. The Morgan fingerprint density at radius 2 is 1.72 bits per heavy atom. The fourth-order valence-electron chi connectivity index (χ4n) is 3.07. The number of piperidine rings is 1. The Hall–Kier alpha value is -1.60. The first-order valence-corrected chi connectivity index (χ1v) is 10.5. The van der Waals surface area contributed by atoms with Crippen LogP contribution in [0.1, 0.15) is 51.9 Å². The van der Waals surface area contributed by atoms with Crippen molar-refractivity contribution in [1.29, 1.82) is 0 Å². The Bertz CT molecular complexity index is 652. The van der Waals surface area contributed by atoms with Crippen molar-refractivity contribution in [2.75, 3.05) is 24.5 Å². The van der Waals surface area contributed by atoms with Crippen LogP contribution in [0, 0.1) is 0 Å². The SMILES string of the molecule is CCCCCCN(C(=O)[O-])c1ccc(S(=O)(=O)N2CCCCC2)cc1. The minimum atomic E-state index is -3.50. The van der Waals surface area contributed by atoms with E-state index in [9.17, 15) is 18.3 Å². The lowest BCUT2D eigenvalue weighted by Crippen LogP contribution is -2.42. The quantitative estimate of drug-likeness (QED) is 0.662. The summed E-state index contributed by atoms with van der Waals surface area (Å²) in [5.74, 6) is 0. The minimum absolute atomic E-state index is 0.211. The number of amides is 1. The maximum Gasteiger partial charge on any atom is 0.243 e. The van der Waals surface area contributed by atoms with Gasteiger partial charge in [-0.25, -0.2) is 8.42 Å². The third-order valence-electron chi connectivity index (χ3n) is 4.56. The van der Waals surface area contributed by atoms with Crippen molar-refractivity contribution < 1.29 is 18.3 Å². The van der Waals surface area contributed by atoms with Gasteiger partial charge >= 0.3 is 0 Å². The molecule has 2 rings (SSSR count). The number of hydrogen-bond donors (Lipinski definition) is 0. The molecular formula is C18H27N2O4S-. The van der Waals surface area contributed by atoms with Crippen LogP contribution in [-0.2, 0) is 10.0 Å². The second kappa shape index (κ2) is 9.20. The maximum absolute atomic E-state index is 12.6. The molecule has 0 radical (unpaired) electrons. The number of benzene rings is 1. The summed E-state index contributed by atoms with van der Waals surface area (Å²) in [6.07, 6.45) is 5.42. The van der Waals surface area contributed by atoms with E-state index in [0.717, 1.165) is 44.9 Å². The van der Waals surface area contributed by atoms with Crippen LogP contribution in [0.4, 0.5) is 10.5 Å². The molecule has 140 valence electrons. The second-order valence-corrected chi connectivity index (χ2v) is 8.37. The summed E-state index contributed by atoms with van der Waals surface area (Å²) < 4.78 is 26.8. The smallest absolute Gasteiger partial charge is 0.243 e. The molecule has 0 atom stereocenters. The molecule has 0 N–H and O–H groups in total. The van der Waals surface area contributed by atoms with Crippen LogP contribution in [0.5, 0.6) is 0 Å². The third kappa shape index (κ3) is 5.19. The second-order valence-electron chi connectivity index (χ2n) is 6.44. The molecule has 0 saturated carbocycles. The molecule has 1 amide bonds. The molecule has 0 aromatic heterocycles. The lowest BCUT2D eigenvalue weighted by atomic mass is 10.2. The van der Waals surface area contributed by atoms with Crippen molar-refractivity contribution in [2.24, 2.45) is 0 Å². The zero-order valence-corrected chi connectivity index (χ0v) is 15.6. The van der Waals surface area contributed by atoms with Gasteiger partial charge in [0.25, 0.3) is 0 Å². The molecule has 0 aliphatic carbocycles. The average molecular weight is 367 g/mol. The van der Waals surface area contributed by atoms with E-state index in [1.807, 2.05) is 0 Å². The Balaban J connectivity index is 2.09. The molecular weight excluding hydrogens is 340 g/mol. The standard InChI is InChI=1S/C18H28N2O4S/c1-2-3-4-8-15-20(18(21)22)16-9-11-17(12-10-16)25(23,24)19-13-6-5-7-14-19/h9-12H,2-8,13-15H2,1H3,(H,21,22)/p-1. The van der Waals surface area contributed by atoms with Gasteiger partial charge in [-0.05, 0) is 43.5 Å². The van der Waals surface area contributed by atoms with E-state index >= 15 is 0 Å². The molecule has 1 aromatic carbocycles. The number of hydrogen-bond acceptors (Lipinski definition) is 4. The van der Waals surface area contributed by atoms with Gasteiger partial charge in [0.2, 0.25) is 10.0 Å². The highest BCUT2D eigenvalue weighted by atomic mass is 32.2. The van der Waals surface area contributed by atoms with Crippen LogP contribution in [-0.4, -0.2) is 38.5 Å². The molecule has 1 fully saturated rings. The predicted octanol–water partition coefficient (Wildman–Crippen LogP) is 2.59. The summed E-state index contributed by atoms with van der Waals surface area (Å²) >= 11 is 0. The van der Waals surface area contributed by atoms with Crippen LogP contribution in [0.2, 0.25) is 0 Å². The molecule has 1 heterocycles. The predicted molar refractivity (Wildman–Crippen MR) is 95.9 cm³/mol. The lowest BCUT2D eigenvalue weighted by molar-refractivity contribution is -0.246. The highest BCUT2D eigenvalue weighted by Crippen LogP contribution is 2.23. The fourth-order valence-corrected chi connectivity index (χ4v) is 4.59. The summed E-state index contributed by atoms with van der Waals surface area (Å²) in [6.45, 7) is 3.55. The first-order valence-electron chi connectivity index (χ1n) is 9.05. The molecule has 0 bridgehead atoms. The highest BCUT2D eigenvalue weighted by molar-refractivity contribution is 7.89. The Kier molecular flexibility index (Phi) is 7.25. The van der Waals surface area contributed by atoms with Crippen LogP contribution in [0.15, 0.2) is 29.2 Å². The Morgan fingerprint density at radius 1 is 1.08 bits per heavy atom. The number of anilines is 1. The van der Waals surface area contributed by atoms with Gasteiger partial charge in [-0.1, -0.05) is 32.6 Å². The van der Waals surface area contributed by atoms with E-state index in [1.165, 1.54) is 21.3 Å². The van der Waals surface area contributed by atoms with E-state index in [1.54, 1.807) is 12.1 Å². The Morgan fingerprint density at radius 3 is 2.28 bits per heavy atom. The topological polar surface area (TPSA) is 80.8 Å². The van der Waals surface area contributed by atoms with Gasteiger partial charge in [-0.3, -0.25) is 0 Å². The average Bonchev–Trinajstić information content (AvgIpc) is 2.62. The normalized spacial score (nSPS) is 15.9. The number of carbonyl (C=O) groups excluding carboxylic acids is 1. The number of carboxylic acid groups (broad SMARTS) is 1. The maximum atomic E-state index is 12.6. The molecule has 6 nitrogen and oxygen atoms in total. The lowest BCUT2D eigenvalue weighted by Gasteiger charge is -2.27. The van der Waals surface area contributed by atoms with Crippen LogP contribution in [0.25, 0.3) is 0 Å². The number of unbranched alkanes of at least 4 members (excludes halogenated alkanes) is 3. The van der Waals surface area contributed by atoms with Crippen molar-refractivity contribution in [3.8, 4) is 0 Å².